The first-order valence-corrected chi connectivity index (χ1v) is 6.45. The van der Waals surface area contributed by atoms with Gasteiger partial charge in [0.1, 0.15) is 5.69 Å². The monoisotopic (exact) mass is 257 g/mol. The van der Waals surface area contributed by atoms with Crippen molar-refractivity contribution in [2.75, 3.05) is 0 Å². The molecule has 0 aliphatic rings. The SMILES string of the molecule is Cc1ccc(-c2nc3scc(C)n3c2N=O)cc1. The summed E-state index contributed by atoms with van der Waals surface area (Å²) < 4.78 is 1.80. The van der Waals surface area contributed by atoms with Gasteiger partial charge in [0.2, 0.25) is 5.82 Å². The lowest BCUT2D eigenvalue weighted by molar-refractivity contribution is 1.11. The molecule has 3 rings (SSSR count). The minimum Gasteiger partial charge on any atom is -0.269 e. The van der Waals surface area contributed by atoms with E-state index in [-0.39, 0.29) is 0 Å². The number of hydrogen-bond donors (Lipinski definition) is 0. The van der Waals surface area contributed by atoms with Crippen molar-refractivity contribution in [3.8, 4) is 11.3 Å². The maximum atomic E-state index is 11.1. The molecule has 0 aliphatic heterocycles. The molecule has 5 heteroatoms. The molecule has 0 spiro atoms. The van der Waals surface area contributed by atoms with E-state index in [9.17, 15) is 4.91 Å². The lowest BCUT2D eigenvalue weighted by Gasteiger charge is -1.99. The van der Waals surface area contributed by atoms with Gasteiger partial charge in [-0.15, -0.1) is 16.2 Å². The molecular formula is C13H11N3OS. The molecule has 1 aromatic carbocycles. The molecule has 0 saturated carbocycles. The second-order valence-corrected chi connectivity index (χ2v) is 5.07. The van der Waals surface area contributed by atoms with Gasteiger partial charge < -0.3 is 0 Å². The van der Waals surface area contributed by atoms with Crippen molar-refractivity contribution in [3.05, 3.63) is 45.8 Å². The van der Waals surface area contributed by atoms with Gasteiger partial charge in [0.15, 0.2) is 4.96 Å². The van der Waals surface area contributed by atoms with E-state index in [2.05, 4.69) is 10.2 Å². The van der Waals surface area contributed by atoms with Gasteiger partial charge in [-0.2, -0.15) is 0 Å². The third kappa shape index (κ3) is 1.55. The summed E-state index contributed by atoms with van der Waals surface area (Å²) >= 11 is 1.52. The lowest BCUT2D eigenvalue weighted by Crippen LogP contribution is -1.83. The summed E-state index contributed by atoms with van der Waals surface area (Å²) in [6, 6.07) is 7.94. The van der Waals surface area contributed by atoms with Crippen LogP contribution in [-0.2, 0) is 0 Å². The quantitative estimate of drug-likeness (QED) is 0.649. The van der Waals surface area contributed by atoms with Crippen molar-refractivity contribution in [2.24, 2.45) is 5.18 Å². The third-order valence-electron chi connectivity index (χ3n) is 2.92. The van der Waals surface area contributed by atoms with Crippen LogP contribution in [0.4, 0.5) is 5.82 Å². The number of benzene rings is 1. The van der Waals surface area contributed by atoms with Crippen LogP contribution >= 0.6 is 11.3 Å². The van der Waals surface area contributed by atoms with Gasteiger partial charge in [0.05, 0.1) is 0 Å². The largest absolute Gasteiger partial charge is 0.269 e. The molecule has 4 nitrogen and oxygen atoms in total. The maximum Gasteiger partial charge on any atom is 0.210 e. The number of nitroso groups, excluding NO2 is 1. The van der Waals surface area contributed by atoms with Crippen LogP contribution in [-0.4, -0.2) is 9.38 Å². The molecule has 0 fully saturated rings. The Labute approximate surface area is 108 Å². The number of thiazole rings is 1. The zero-order valence-corrected chi connectivity index (χ0v) is 10.9. The molecule has 2 heterocycles. The highest BCUT2D eigenvalue weighted by Crippen LogP contribution is 2.33. The molecule has 0 unspecified atom stereocenters. The summed E-state index contributed by atoms with van der Waals surface area (Å²) in [7, 11) is 0. The van der Waals surface area contributed by atoms with Crippen molar-refractivity contribution in [1.29, 1.82) is 0 Å². The molecule has 0 bridgehead atoms. The summed E-state index contributed by atoms with van der Waals surface area (Å²) in [5.74, 6) is 0.382. The molecule has 90 valence electrons. The Morgan fingerprint density at radius 2 is 1.94 bits per heavy atom. The Kier molecular flexibility index (Phi) is 2.48. The fourth-order valence-corrected chi connectivity index (χ4v) is 2.83. The van der Waals surface area contributed by atoms with Crippen LogP contribution in [0.2, 0.25) is 0 Å². The average molecular weight is 257 g/mol. The Balaban J connectivity index is 2.28. The molecule has 3 aromatic rings. The van der Waals surface area contributed by atoms with Crippen LogP contribution in [0, 0.1) is 18.8 Å². The second kappa shape index (κ2) is 4.03. The highest BCUT2D eigenvalue weighted by molar-refractivity contribution is 7.15. The van der Waals surface area contributed by atoms with Crippen LogP contribution in [0.15, 0.2) is 34.8 Å². The van der Waals surface area contributed by atoms with Crippen molar-refractivity contribution in [2.45, 2.75) is 13.8 Å². The van der Waals surface area contributed by atoms with Gasteiger partial charge >= 0.3 is 0 Å². The number of imidazole rings is 1. The van der Waals surface area contributed by atoms with Crippen LogP contribution in [0.3, 0.4) is 0 Å². The Bertz CT molecular complexity index is 725. The average Bonchev–Trinajstić information content (AvgIpc) is 2.91. The zero-order valence-electron chi connectivity index (χ0n) is 10.0. The normalized spacial score (nSPS) is 11.0. The predicted molar refractivity (Wildman–Crippen MR) is 73.4 cm³/mol. The smallest absolute Gasteiger partial charge is 0.210 e. The van der Waals surface area contributed by atoms with Gasteiger partial charge in [-0.25, -0.2) is 4.98 Å². The molecule has 0 atom stereocenters. The summed E-state index contributed by atoms with van der Waals surface area (Å²) in [6.07, 6.45) is 0. The molecule has 2 aromatic heterocycles. The van der Waals surface area contributed by atoms with Crippen molar-refractivity contribution in [1.82, 2.24) is 9.38 Å². The van der Waals surface area contributed by atoms with E-state index in [1.54, 1.807) is 4.40 Å². The summed E-state index contributed by atoms with van der Waals surface area (Å²) in [6.45, 7) is 3.97. The minimum atomic E-state index is 0.382. The van der Waals surface area contributed by atoms with Gasteiger partial charge in [0.25, 0.3) is 0 Å². The van der Waals surface area contributed by atoms with Crippen LogP contribution in [0.5, 0.6) is 0 Å². The Morgan fingerprint density at radius 1 is 1.22 bits per heavy atom. The molecular weight excluding hydrogens is 246 g/mol. The Hall–Kier alpha value is -2.01. The van der Waals surface area contributed by atoms with Crippen LogP contribution in [0.25, 0.3) is 16.2 Å². The van der Waals surface area contributed by atoms with Crippen LogP contribution in [0.1, 0.15) is 11.3 Å². The van der Waals surface area contributed by atoms with E-state index < -0.39 is 0 Å². The maximum absolute atomic E-state index is 11.1. The van der Waals surface area contributed by atoms with Gasteiger partial charge in [-0.1, -0.05) is 29.8 Å². The summed E-state index contributed by atoms with van der Waals surface area (Å²) in [5, 5.41) is 5.12. The van der Waals surface area contributed by atoms with Crippen LogP contribution < -0.4 is 0 Å². The van der Waals surface area contributed by atoms with E-state index >= 15 is 0 Å². The molecule has 0 saturated heterocycles. The standard InChI is InChI=1S/C13H11N3OS/c1-8-3-5-10(6-4-8)11-12(15-17)16-9(2)7-18-13(16)14-11/h3-7H,1-2H3. The number of aryl methyl sites for hydroxylation is 2. The van der Waals surface area contributed by atoms with E-state index in [4.69, 9.17) is 0 Å². The topological polar surface area (TPSA) is 46.7 Å². The minimum absolute atomic E-state index is 0.382. The number of nitrogens with zero attached hydrogens (tertiary/aromatic N) is 3. The number of aromatic nitrogens is 2. The first-order chi connectivity index (χ1) is 8.70. The zero-order chi connectivity index (χ0) is 12.7. The first-order valence-electron chi connectivity index (χ1n) is 5.57. The molecule has 0 amide bonds. The van der Waals surface area contributed by atoms with Crippen molar-refractivity contribution in [3.63, 3.8) is 0 Å². The molecule has 0 radical (unpaired) electrons. The molecule has 0 N–H and O–H groups in total. The van der Waals surface area contributed by atoms with Gasteiger partial charge in [-0.3, -0.25) is 4.40 Å². The van der Waals surface area contributed by atoms with Crippen molar-refractivity contribution < 1.29 is 0 Å². The first kappa shape index (κ1) is 11.1. The molecule has 18 heavy (non-hydrogen) atoms. The second-order valence-electron chi connectivity index (χ2n) is 4.24. The third-order valence-corrected chi connectivity index (χ3v) is 3.87. The predicted octanol–water partition coefficient (Wildman–Crippen LogP) is 4.08. The number of hydrogen-bond acceptors (Lipinski definition) is 4. The van der Waals surface area contributed by atoms with Gasteiger partial charge in [0, 0.05) is 16.6 Å². The molecule has 0 aliphatic carbocycles. The van der Waals surface area contributed by atoms with E-state index in [1.165, 1.54) is 16.9 Å². The number of fused-ring (bicyclic) bond motifs is 1. The fraction of sp³-hybridized carbons (Fsp3) is 0.154. The Morgan fingerprint density at radius 3 is 2.61 bits per heavy atom. The summed E-state index contributed by atoms with van der Waals surface area (Å²) in [4.78, 5) is 16.4. The van der Waals surface area contributed by atoms with E-state index in [0.29, 0.717) is 11.5 Å². The van der Waals surface area contributed by atoms with E-state index in [0.717, 1.165) is 16.2 Å². The van der Waals surface area contributed by atoms with E-state index in [1.807, 2.05) is 43.5 Å². The lowest BCUT2D eigenvalue weighted by atomic mass is 10.1. The highest BCUT2D eigenvalue weighted by Gasteiger charge is 2.17. The number of rotatable bonds is 2. The van der Waals surface area contributed by atoms with Gasteiger partial charge in [-0.05, 0) is 19.0 Å². The summed E-state index contributed by atoms with van der Waals surface area (Å²) in [5.41, 5.74) is 3.73. The van der Waals surface area contributed by atoms with Crippen molar-refractivity contribution >= 4 is 22.1 Å². The fourth-order valence-electron chi connectivity index (χ4n) is 1.97. The highest BCUT2D eigenvalue weighted by atomic mass is 32.1.